The Kier molecular flexibility index (Phi) is 5.33. The summed E-state index contributed by atoms with van der Waals surface area (Å²) < 4.78 is 0. The normalized spacial score (nSPS) is 14.0. The van der Waals surface area contributed by atoms with Crippen LogP contribution in [-0.4, -0.2) is 56.9 Å². The third-order valence-electron chi connectivity index (χ3n) is 4.80. The van der Waals surface area contributed by atoms with Gasteiger partial charge in [-0.2, -0.15) is 0 Å². The number of hydrogen-bond donors (Lipinski definition) is 1. The molecule has 0 atom stereocenters. The van der Waals surface area contributed by atoms with E-state index in [2.05, 4.69) is 30.2 Å². The Hall–Kier alpha value is -3.55. The average molecular weight is 389 g/mol. The molecule has 3 aromatic rings. The highest BCUT2D eigenvalue weighted by Gasteiger charge is 2.23. The molecule has 1 aliphatic heterocycles. The van der Waals surface area contributed by atoms with E-state index in [0.29, 0.717) is 43.4 Å². The molecule has 8 heteroatoms. The Balaban J connectivity index is 1.44. The predicted molar refractivity (Wildman–Crippen MR) is 111 cm³/mol. The molecular weight excluding hydrogens is 366 g/mol. The number of rotatable bonds is 4. The van der Waals surface area contributed by atoms with Crippen LogP contribution in [0.1, 0.15) is 21.7 Å². The fourth-order valence-electron chi connectivity index (χ4n) is 3.32. The molecular formula is C21H23N7O. The van der Waals surface area contributed by atoms with Gasteiger partial charge in [-0.25, -0.2) is 15.0 Å². The fraction of sp³-hybridized carbons (Fsp3) is 0.286. The van der Waals surface area contributed by atoms with Crippen LogP contribution in [0.25, 0.3) is 0 Å². The average Bonchev–Trinajstić information content (AvgIpc) is 2.73. The van der Waals surface area contributed by atoms with Crippen LogP contribution >= 0.6 is 0 Å². The van der Waals surface area contributed by atoms with Gasteiger partial charge in [-0.3, -0.25) is 9.78 Å². The zero-order valence-corrected chi connectivity index (χ0v) is 16.5. The molecule has 0 unspecified atom stereocenters. The van der Waals surface area contributed by atoms with Gasteiger partial charge in [-0.1, -0.05) is 0 Å². The number of amides is 1. The molecule has 0 radical (unpaired) electrons. The van der Waals surface area contributed by atoms with Crippen molar-refractivity contribution in [2.75, 3.05) is 36.4 Å². The molecule has 1 fully saturated rings. The van der Waals surface area contributed by atoms with Gasteiger partial charge in [-0.15, -0.1) is 0 Å². The third kappa shape index (κ3) is 4.48. The molecule has 3 aromatic heterocycles. The molecule has 1 amide bonds. The number of carbonyl (C=O) groups is 1. The number of anilines is 3. The van der Waals surface area contributed by atoms with Crippen molar-refractivity contribution in [2.24, 2.45) is 0 Å². The van der Waals surface area contributed by atoms with Crippen LogP contribution in [0.2, 0.25) is 0 Å². The summed E-state index contributed by atoms with van der Waals surface area (Å²) in [6.45, 7) is 6.60. The van der Waals surface area contributed by atoms with Gasteiger partial charge < -0.3 is 15.1 Å². The van der Waals surface area contributed by atoms with Crippen molar-refractivity contribution < 1.29 is 4.79 Å². The van der Waals surface area contributed by atoms with Gasteiger partial charge in [-0.05, 0) is 43.7 Å². The summed E-state index contributed by atoms with van der Waals surface area (Å²) in [6, 6.07) is 9.43. The smallest absolute Gasteiger partial charge is 0.255 e. The number of carbonyl (C=O) groups excluding carboxylic acids is 1. The summed E-state index contributed by atoms with van der Waals surface area (Å²) in [5, 5.41) is 3.25. The Morgan fingerprint density at radius 3 is 2.55 bits per heavy atom. The summed E-state index contributed by atoms with van der Waals surface area (Å²) >= 11 is 0. The quantitative estimate of drug-likeness (QED) is 0.734. The van der Waals surface area contributed by atoms with Gasteiger partial charge in [0.1, 0.15) is 23.3 Å². The van der Waals surface area contributed by atoms with E-state index in [0.717, 1.165) is 17.2 Å². The second-order valence-electron chi connectivity index (χ2n) is 7.02. The summed E-state index contributed by atoms with van der Waals surface area (Å²) in [6.07, 6.45) is 5.05. The Morgan fingerprint density at radius 1 is 1.00 bits per heavy atom. The second-order valence-corrected chi connectivity index (χ2v) is 7.02. The van der Waals surface area contributed by atoms with Gasteiger partial charge in [0.2, 0.25) is 0 Å². The maximum absolute atomic E-state index is 12.6. The molecule has 0 spiro atoms. The maximum atomic E-state index is 12.6. The Labute approximate surface area is 169 Å². The first kappa shape index (κ1) is 18.8. The predicted octanol–water partition coefficient (Wildman–Crippen LogP) is 2.59. The van der Waals surface area contributed by atoms with Crippen LogP contribution < -0.4 is 10.2 Å². The largest absolute Gasteiger partial charge is 0.353 e. The summed E-state index contributed by atoms with van der Waals surface area (Å²) in [4.78, 5) is 34.1. The lowest BCUT2D eigenvalue weighted by molar-refractivity contribution is 0.0746. The van der Waals surface area contributed by atoms with Crippen molar-refractivity contribution in [3.05, 3.63) is 65.9 Å². The lowest BCUT2D eigenvalue weighted by Gasteiger charge is -2.35. The highest BCUT2D eigenvalue weighted by Crippen LogP contribution is 2.21. The van der Waals surface area contributed by atoms with Crippen LogP contribution in [0.5, 0.6) is 0 Å². The van der Waals surface area contributed by atoms with Gasteiger partial charge in [0, 0.05) is 50.8 Å². The molecule has 4 rings (SSSR count). The number of hydrogen-bond acceptors (Lipinski definition) is 7. The molecule has 4 heterocycles. The standard InChI is InChI=1S/C21H23N7O/c1-15-5-7-23-18(12-15)26-19-13-20(25-16(2)24-19)27-8-10-28(11-9-27)21(29)17-4-3-6-22-14-17/h3-7,12-14H,8-11H2,1-2H3,(H,23,24,25,26). The van der Waals surface area contributed by atoms with Crippen LogP contribution in [0.4, 0.5) is 17.5 Å². The first-order chi connectivity index (χ1) is 14.1. The van der Waals surface area contributed by atoms with Gasteiger partial charge in [0.15, 0.2) is 0 Å². The van der Waals surface area contributed by atoms with E-state index >= 15 is 0 Å². The van der Waals surface area contributed by atoms with Crippen molar-refractivity contribution in [3.63, 3.8) is 0 Å². The lowest BCUT2D eigenvalue weighted by atomic mass is 10.2. The van der Waals surface area contributed by atoms with Gasteiger partial charge in [0.05, 0.1) is 5.56 Å². The number of pyridine rings is 2. The first-order valence-corrected chi connectivity index (χ1v) is 9.58. The molecule has 29 heavy (non-hydrogen) atoms. The lowest BCUT2D eigenvalue weighted by Crippen LogP contribution is -2.49. The topological polar surface area (TPSA) is 87.1 Å². The number of aryl methyl sites for hydroxylation is 2. The minimum atomic E-state index is 0.0181. The van der Waals surface area contributed by atoms with Crippen molar-refractivity contribution in [1.29, 1.82) is 0 Å². The minimum Gasteiger partial charge on any atom is -0.353 e. The van der Waals surface area contributed by atoms with E-state index < -0.39 is 0 Å². The third-order valence-corrected chi connectivity index (χ3v) is 4.80. The molecule has 1 aliphatic rings. The van der Waals surface area contributed by atoms with Crippen LogP contribution in [0, 0.1) is 13.8 Å². The molecule has 8 nitrogen and oxygen atoms in total. The van der Waals surface area contributed by atoms with Gasteiger partial charge in [0.25, 0.3) is 5.91 Å². The maximum Gasteiger partial charge on any atom is 0.255 e. The molecule has 0 bridgehead atoms. The van der Waals surface area contributed by atoms with Crippen molar-refractivity contribution in [2.45, 2.75) is 13.8 Å². The summed E-state index contributed by atoms with van der Waals surface area (Å²) in [5.74, 6) is 3.01. The molecule has 1 saturated heterocycles. The van der Waals surface area contributed by atoms with Crippen molar-refractivity contribution in [1.82, 2.24) is 24.8 Å². The van der Waals surface area contributed by atoms with Crippen LogP contribution in [-0.2, 0) is 0 Å². The van der Waals surface area contributed by atoms with Gasteiger partial charge >= 0.3 is 0 Å². The molecule has 0 aliphatic carbocycles. The number of aromatic nitrogens is 4. The van der Waals surface area contributed by atoms with E-state index in [4.69, 9.17) is 0 Å². The van der Waals surface area contributed by atoms with Crippen molar-refractivity contribution >= 4 is 23.4 Å². The van der Waals surface area contributed by atoms with E-state index in [1.54, 1.807) is 30.7 Å². The highest BCUT2D eigenvalue weighted by atomic mass is 16.2. The first-order valence-electron chi connectivity index (χ1n) is 9.58. The summed E-state index contributed by atoms with van der Waals surface area (Å²) in [5.41, 5.74) is 1.75. The summed E-state index contributed by atoms with van der Waals surface area (Å²) in [7, 11) is 0. The van der Waals surface area contributed by atoms with Crippen molar-refractivity contribution in [3.8, 4) is 0 Å². The Morgan fingerprint density at radius 2 is 1.83 bits per heavy atom. The number of nitrogens with one attached hydrogen (secondary N) is 1. The monoisotopic (exact) mass is 389 g/mol. The molecule has 1 N–H and O–H groups in total. The zero-order valence-electron chi connectivity index (χ0n) is 16.5. The highest BCUT2D eigenvalue weighted by molar-refractivity contribution is 5.94. The van der Waals surface area contributed by atoms with E-state index in [1.807, 2.05) is 36.9 Å². The number of nitrogens with zero attached hydrogens (tertiary/aromatic N) is 6. The van der Waals surface area contributed by atoms with E-state index in [-0.39, 0.29) is 5.91 Å². The minimum absolute atomic E-state index is 0.0181. The molecule has 0 aromatic carbocycles. The zero-order chi connectivity index (χ0) is 20.2. The molecule has 148 valence electrons. The number of piperazine rings is 1. The van der Waals surface area contributed by atoms with E-state index in [9.17, 15) is 4.79 Å². The Bertz CT molecular complexity index is 1000. The van der Waals surface area contributed by atoms with Crippen LogP contribution in [0.15, 0.2) is 48.9 Å². The van der Waals surface area contributed by atoms with Crippen LogP contribution in [0.3, 0.4) is 0 Å². The molecule has 0 saturated carbocycles. The fourth-order valence-corrected chi connectivity index (χ4v) is 3.32. The SMILES string of the molecule is Cc1ccnc(Nc2cc(N3CCN(C(=O)c4cccnc4)CC3)nc(C)n2)c1. The van der Waals surface area contributed by atoms with E-state index in [1.165, 1.54) is 0 Å². The second kappa shape index (κ2) is 8.22.